The SMILES string of the molecule is CC(=O)NC1=NN(C(C)=O)[C@@H](c2cccc([N+](=O)[O-])c2)S1. The van der Waals surface area contributed by atoms with Crippen LogP contribution >= 0.6 is 11.8 Å². The Morgan fingerprint density at radius 2 is 2.14 bits per heavy atom. The Kier molecular flexibility index (Phi) is 4.22. The fraction of sp³-hybridized carbons (Fsp3) is 0.250. The molecular formula is C12H12N4O4S. The van der Waals surface area contributed by atoms with E-state index in [1.54, 1.807) is 12.1 Å². The van der Waals surface area contributed by atoms with Gasteiger partial charge in [0.25, 0.3) is 5.69 Å². The number of hydrogen-bond donors (Lipinski definition) is 1. The fourth-order valence-electron chi connectivity index (χ4n) is 1.77. The van der Waals surface area contributed by atoms with Crippen LogP contribution in [-0.2, 0) is 9.59 Å². The van der Waals surface area contributed by atoms with Gasteiger partial charge in [-0.15, -0.1) is 5.10 Å². The molecule has 9 heteroatoms. The minimum atomic E-state index is -0.538. The van der Waals surface area contributed by atoms with Gasteiger partial charge >= 0.3 is 0 Å². The van der Waals surface area contributed by atoms with E-state index in [1.165, 1.54) is 31.0 Å². The zero-order chi connectivity index (χ0) is 15.6. The molecule has 1 aromatic carbocycles. The maximum absolute atomic E-state index is 11.6. The number of amidine groups is 1. The Bertz CT molecular complexity index is 646. The number of nitro benzene ring substituents is 1. The van der Waals surface area contributed by atoms with Crippen molar-refractivity contribution in [2.45, 2.75) is 19.2 Å². The van der Waals surface area contributed by atoms with E-state index in [2.05, 4.69) is 10.4 Å². The molecule has 1 N–H and O–H groups in total. The lowest BCUT2D eigenvalue weighted by atomic mass is 10.2. The molecule has 1 heterocycles. The first-order valence-electron chi connectivity index (χ1n) is 5.95. The van der Waals surface area contributed by atoms with Crippen molar-refractivity contribution in [3.63, 3.8) is 0 Å². The topological polar surface area (TPSA) is 105 Å². The van der Waals surface area contributed by atoms with Gasteiger partial charge in [-0.05, 0) is 5.56 Å². The second-order valence-electron chi connectivity index (χ2n) is 4.27. The average molecular weight is 308 g/mol. The van der Waals surface area contributed by atoms with Gasteiger partial charge in [-0.1, -0.05) is 23.9 Å². The molecule has 21 heavy (non-hydrogen) atoms. The van der Waals surface area contributed by atoms with Crippen molar-refractivity contribution in [2.75, 3.05) is 0 Å². The van der Waals surface area contributed by atoms with E-state index in [4.69, 9.17) is 0 Å². The first-order valence-corrected chi connectivity index (χ1v) is 6.83. The number of carbonyl (C=O) groups excluding carboxylic acids is 2. The highest BCUT2D eigenvalue weighted by Gasteiger charge is 2.32. The van der Waals surface area contributed by atoms with E-state index in [1.807, 2.05) is 0 Å². The lowest BCUT2D eigenvalue weighted by Crippen LogP contribution is -2.25. The summed E-state index contributed by atoms with van der Waals surface area (Å²) in [7, 11) is 0. The number of hydrogen-bond acceptors (Lipinski definition) is 6. The van der Waals surface area contributed by atoms with Crippen LogP contribution in [0.2, 0.25) is 0 Å². The first kappa shape index (κ1) is 15.0. The average Bonchev–Trinajstić information content (AvgIpc) is 2.82. The van der Waals surface area contributed by atoms with Crippen LogP contribution in [0.15, 0.2) is 29.4 Å². The molecule has 8 nitrogen and oxygen atoms in total. The normalized spacial score (nSPS) is 17.3. The van der Waals surface area contributed by atoms with Gasteiger partial charge in [0, 0.05) is 26.0 Å². The highest BCUT2D eigenvalue weighted by Crippen LogP contribution is 2.39. The molecule has 0 fully saturated rings. The highest BCUT2D eigenvalue weighted by molar-refractivity contribution is 8.14. The van der Waals surface area contributed by atoms with Gasteiger partial charge in [-0.25, -0.2) is 5.01 Å². The summed E-state index contributed by atoms with van der Waals surface area (Å²) in [6.07, 6.45) is 0. The van der Waals surface area contributed by atoms with Crippen molar-refractivity contribution in [1.82, 2.24) is 10.3 Å². The Hall–Kier alpha value is -2.42. The molecule has 2 rings (SSSR count). The third-order valence-corrected chi connectivity index (χ3v) is 3.72. The van der Waals surface area contributed by atoms with E-state index in [0.717, 1.165) is 11.8 Å². The van der Waals surface area contributed by atoms with Gasteiger partial charge in [0.1, 0.15) is 5.37 Å². The third kappa shape index (κ3) is 3.37. The lowest BCUT2D eigenvalue weighted by Gasteiger charge is -2.18. The number of benzene rings is 1. The van der Waals surface area contributed by atoms with E-state index >= 15 is 0 Å². The predicted molar refractivity (Wildman–Crippen MR) is 77.2 cm³/mol. The van der Waals surface area contributed by atoms with Crippen LogP contribution in [0.5, 0.6) is 0 Å². The summed E-state index contributed by atoms with van der Waals surface area (Å²) in [4.78, 5) is 33.0. The zero-order valence-electron chi connectivity index (χ0n) is 11.3. The molecule has 0 unspecified atom stereocenters. The summed E-state index contributed by atoms with van der Waals surface area (Å²) < 4.78 is 0. The van der Waals surface area contributed by atoms with Gasteiger partial charge in [0.2, 0.25) is 11.8 Å². The number of nitro groups is 1. The number of rotatable bonds is 2. The van der Waals surface area contributed by atoms with E-state index in [-0.39, 0.29) is 22.7 Å². The molecule has 0 radical (unpaired) electrons. The van der Waals surface area contributed by atoms with Gasteiger partial charge in [-0.3, -0.25) is 19.7 Å². The predicted octanol–water partition coefficient (Wildman–Crippen LogP) is 1.60. The van der Waals surface area contributed by atoms with Crippen molar-refractivity contribution in [3.8, 4) is 0 Å². The van der Waals surface area contributed by atoms with Crippen molar-refractivity contribution < 1.29 is 14.5 Å². The summed E-state index contributed by atoms with van der Waals surface area (Å²) >= 11 is 1.15. The van der Waals surface area contributed by atoms with Gasteiger partial charge in [0.05, 0.1) is 4.92 Å². The summed E-state index contributed by atoms with van der Waals surface area (Å²) in [5, 5.41) is 18.3. The Morgan fingerprint density at radius 3 is 2.71 bits per heavy atom. The second-order valence-corrected chi connectivity index (χ2v) is 5.34. The molecule has 110 valence electrons. The van der Waals surface area contributed by atoms with Crippen LogP contribution in [0.3, 0.4) is 0 Å². The number of nitrogens with zero attached hydrogens (tertiary/aromatic N) is 3. The number of hydrazone groups is 1. The number of carbonyl (C=O) groups is 2. The molecule has 0 bridgehead atoms. The standard InChI is InChI=1S/C12H12N4O4S/c1-7(17)13-12-14-15(8(2)18)11(21-12)9-4-3-5-10(6-9)16(19)20/h3-6,11H,1-2H3,(H,13,14,17)/t11-/m1/s1. The van der Waals surface area contributed by atoms with Crippen LogP contribution in [0.1, 0.15) is 24.8 Å². The van der Waals surface area contributed by atoms with Crippen LogP contribution in [0.4, 0.5) is 5.69 Å². The zero-order valence-corrected chi connectivity index (χ0v) is 12.1. The number of thioether (sulfide) groups is 1. The minimum absolute atomic E-state index is 0.0652. The van der Waals surface area contributed by atoms with Crippen LogP contribution in [0, 0.1) is 10.1 Å². The second kappa shape index (κ2) is 5.92. The minimum Gasteiger partial charge on any atom is -0.304 e. The fourth-order valence-corrected chi connectivity index (χ4v) is 2.90. The third-order valence-electron chi connectivity index (χ3n) is 2.62. The van der Waals surface area contributed by atoms with Crippen LogP contribution < -0.4 is 5.32 Å². The highest BCUT2D eigenvalue weighted by atomic mass is 32.2. The molecule has 0 aliphatic carbocycles. The number of non-ortho nitro benzene ring substituents is 1. The molecule has 0 saturated carbocycles. The summed E-state index contributed by atoms with van der Waals surface area (Å²) in [6, 6.07) is 5.98. The number of nitrogens with one attached hydrogen (secondary N) is 1. The summed E-state index contributed by atoms with van der Waals surface area (Å²) in [5.41, 5.74) is 0.498. The molecule has 0 spiro atoms. The maximum atomic E-state index is 11.6. The Morgan fingerprint density at radius 1 is 1.43 bits per heavy atom. The van der Waals surface area contributed by atoms with E-state index < -0.39 is 10.3 Å². The van der Waals surface area contributed by atoms with Crippen molar-refractivity contribution >= 4 is 34.4 Å². The number of amides is 2. The van der Waals surface area contributed by atoms with Crippen molar-refractivity contribution in [1.29, 1.82) is 0 Å². The Balaban J connectivity index is 2.31. The molecule has 0 aromatic heterocycles. The summed E-state index contributed by atoms with van der Waals surface area (Å²) in [5.74, 6) is -0.621. The van der Waals surface area contributed by atoms with E-state index in [9.17, 15) is 19.7 Å². The van der Waals surface area contributed by atoms with Crippen molar-refractivity contribution in [3.05, 3.63) is 39.9 Å². The molecule has 1 aliphatic rings. The maximum Gasteiger partial charge on any atom is 0.269 e. The summed E-state index contributed by atoms with van der Waals surface area (Å²) in [6.45, 7) is 2.67. The molecule has 1 aliphatic heterocycles. The molecule has 2 amide bonds. The van der Waals surface area contributed by atoms with Gasteiger partial charge in [-0.2, -0.15) is 0 Å². The van der Waals surface area contributed by atoms with Crippen LogP contribution in [-0.4, -0.2) is 26.9 Å². The Labute approximate surface area is 124 Å². The smallest absolute Gasteiger partial charge is 0.269 e. The molecule has 1 atom stereocenters. The first-order chi connectivity index (χ1) is 9.88. The molecule has 0 saturated heterocycles. The van der Waals surface area contributed by atoms with Gasteiger partial charge in [0.15, 0.2) is 5.17 Å². The quantitative estimate of drug-likeness (QED) is 0.660. The lowest BCUT2D eigenvalue weighted by molar-refractivity contribution is -0.384. The van der Waals surface area contributed by atoms with E-state index in [0.29, 0.717) is 5.56 Å². The van der Waals surface area contributed by atoms with Crippen molar-refractivity contribution in [2.24, 2.45) is 5.10 Å². The monoisotopic (exact) mass is 308 g/mol. The molecule has 1 aromatic rings. The largest absolute Gasteiger partial charge is 0.304 e. The van der Waals surface area contributed by atoms with Crippen LogP contribution in [0.25, 0.3) is 0 Å². The van der Waals surface area contributed by atoms with Gasteiger partial charge < -0.3 is 5.32 Å². The molecular weight excluding hydrogens is 296 g/mol.